The van der Waals surface area contributed by atoms with E-state index >= 15 is 0 Å². The maximum atomic E-state index is 13.7. The van der Waals surface area contributed by atoms with Crippen LogP contribution in [0.3, 0.4) is 0 Å². The highest BCUT2D eigenvalue weighted by Gasteiger charge is 2.31. The van der Waals surface area contributed by atoms with Crippen LogP contribution in [0.25, 0.3) is 10.9 Å². The Morgan fingerprint density at radius 2 is 1.54 bits per heavy atom. The second-order valence-electron chi connectivity index (χ2n) is 12.6. The molecule has 0 aliphatic carbocycles. The normalized spacial score (nSPS) is 13.2. The molecule has 6 N–H and O–H groups in total. The van der Waals surface area contributed by atoms with Crippen LogP contribution in [0.5, 0.6) is 0 Å². The van der Waals surface area contributed by atoms with E-state index in [1.807, 2.05) is 63.2 Å². The molecule has 12 heteroatoms. The number of rotatable bonds is 13. The number of nitrogens with two attached hydrogens (primary N) is 1. The Bertz CT molecular complexity index is 1730. The topological polar surface area (TPSA) is 167 Å². The van der Waals surface area contributed by atoms with Gasteiger partial charge in [-0.3, -0.25) is 14.4 Å². The van der Waals surface area contributed by atoms with E-state index in [1.54, 1.807) is 30.3 Å². The number of hydrogen-bond donors (Lipinski definition) is 5. The number of pyridine rings is 1. The maximum absolute atomic E-state index is 13.7. The molecule has 11 nitrogen and oxygen atoms in total. The molecule has 2 unspecified atom stereocenters. The number of halogens is 1. The van der Waals surface area contributed by atoms with Gasteiger partial charge in [0.1, 0.15) is 17.6 Å². The Kier molecular flexibility index (Phi) is 11.8. The van der Waals surface area contributed by atoms with E-state index in [0.717, 1.165) is 10.9 Å². The predicted molar refractivity (Wildman–Crippen MR) is 180 cm³/mol. The first-order valence-corrected chi connectivity index (χ1v) is 15.6. The Morgan fingerprint density at radius 1 is 0.875 bits per heavy atom. The van der Waals surface area contributed by atoms with Gasteiger partial charge in [0, 0.05) is 17.5 Å². The van der Waals surface area contributed by atoms with Gasteiger partial charge >= 0.3 is 6.03 Å². The molecule has 4 rings (SSSR count). The first-order valence-electron chi connectivity index (χ1n) is 15.6. The van der Waals surface area contributed by atoms with Gasteiger partial charge in [-0.15, -0.1) is 0 Å². The van der Waals surface area contributed by atoms with Crippen molar-refractivity contribution in [1.82, 2.24) is 25.8 Å². The van der Waals surface area contributed by atoms with Crippen molar-refractivity contribution in [2.75, 3.05) is 6.54 Å². The van der Waals surface area contributed by atoms with Crippen LogP contribution in [0.4, 0.5) is 9.18 Å². The number of fused-ring (bicyclic) bond motifs is 1. The van der Waals surface area contributed by atoms with Crippen LogP contribution in [-0.4, -0.2) is 69.0 Å². The standard InChI is InChI=1S/C36H41FN6O5/c1-36(2,3)42-35(48)43(21-24-13-16-26(37)17-14-24)22-31(44)29(19-23-9-5-4-6-10-23)40-34(47)30(20-32(38)45)41-33(46)28-18-15-25-11-7-8-12-27(25)39-28/h4-18,29-31,44H,19-22H2,1-3H3,(H2,38,45)(H,40,47)(H,41,46)(H,42,48)/t29-,30?,31?/m0/s1. The highest BCUT2D eigenvalue weighted by atomic mass is 19.1. The van der Waals surface area contributed by atoms with Gasteiger partial charge in [-0.1, -0.05) is 66.7 Å². The molecule has 0 saturated carbocycles. The highest BCUT2D eigenvalue weighted by Crippen LogP contribution is 2.15. The Morgan fingerprint density at radius 3 is 2.21 bits per heavy atom. The van der Waals surface area contributed by atoms with Gasteiger partial charge in [-0.25, -0.2) is 14.2 Å². The molecule has 3 atom stereocenters. The lowest BCUT2D eigenvalue weighted by Crippen LogP contribution is -2.57. The number of para-hydroxylation sites is 1. The number of nitrogens with one attached hydrogen (secondary N) is 3. The molecule has 0 aliphatic heterocycles. The minimum absolute atomic E-state index is 0.0399. The van der Waals surface area contributed by atoms with Crippen LogP contribution in [-0.2, 0) is 22.6 Å². The van der Waals surface area contributed by atoms with E-state index in [-0.39, 0.29) is 25.2 Å². The molecular weight excluding hydrogens is 615 g/mol. The number of amides is 5. The fourth-order valence-electron chi connectivity index (χ4n) is 5.05. The predicted octanol–water partition coefficient (Wildman–Crippen LogP) is 3.45. The zero-order valence-electron chi connectivity index (χ0n) is 27.2. The average molecular weight is 657 g/mol. The summed E-state index contributed by atoms with van der Waals surface area (Å²) in [5.74, 6) is -2.70. The number of primary amides is 1. The quantitative estimate of drug-likeness (QED) is 0.148. The van der Waals surface area contributed by atoms with Crippen molar-refractivity contribution >= 4 is 34.7 Å². The summed E-state index contributed by atoms with van der Waals surface area (Å²) in [5, 5.41) is 20.6. The molecule has 4 aromatic rings. The van der Waals surface area contributed by atoms with Crippen molar-refractivity contribution in [1.29, 1.82) is 0 Å². The van der Waals surface area contributed by atoms with Crippen LogP contribution in [0.1, 0.15) is 48.8 Å². The Labute approximate surface area is 278 Å². The molecule has 1 aromatic heterocycles. The zero-order chi connectivity index (χ0) is 34.8. The fraction of sp³-hybridized carbons (Fsp3) is 0.306. The average Bonchev–Trinajstić information content (AvgIpc) is 3.04. The van der Waals surface area contributed by atoms with Crippen molar-refractivity contribution < 1.29 is 28.7 Å². The van der Waals surface area contributed by atoms with E-state index in [9.17, 15) is 28.7 Å². The van der Waals surface area contributed by atoms with Crippen LogP contribution in [0, 0.1) is 5.82 Å². The lowest BCUT2D eigenvalue weighted by atomic mass is 9.99. The molecule has 1 heterocycles. The monoisotopic (exact) mass is 656 g/mol. The van der Waals surface area contributed by atoms with E-state index in [2.05, 4.69) is 20.9 Å². The molecule has 5 amide bonds. The molecule has 3 aromatic carbocycles. The molecule has 0 radical (unpaired) electrons. The highest BCUT2D eigenvalue weighted by molar-refractivity contribution is 5.99. The second-order valence-corrected chi connectivity index (χ2v) is 12.6. The third kappa shape index (κ3) is 10.6. The summed E-state index contributed by atoms with van der Waals surface area (Å²) < 4.78 is 13.6. The fourth-order valence-corrected chi connectivity index (χ4v) is 5.05. The molecule has 252 valence electrons. The van der Waals surface area contributed by atoms with Gasteiger partial charge in [-0.2, -0.15) is 0 Å². The summed E-state index contributed by atoms with van der Waals surface area (Å²) in [6, 6.07) is 22.4. The zero-order valence-corrected chi connectivity index (χ0v) is 27.2. The first-order chi connectivity index (χ1) is 22.8. The largest absolute Gasteiger partial charge is 0.389 e. The molecule has 0 bridgehead atoms. The van der Waals surface area contributed by atoms with Gasteiger partial charge in [0.15, 0.2) is 0 Å². The van der Waals surface area contributed by atoms with Crippen molar-refractivity contribution in [2.45, 2.75) is 63.9 Å². The van der Waals surface area contributed by atoms with Crippen LogP contribution < -0.4 is 21.7 Å². The van der Waals surface area contributed by atoms with Gasteiger partial charge < -0.3 is 31.7 Å². The SMILES string of the molecule is CC(C)(C)NC(=O)N(Cc1ccc(F)cc1)CC(O)[C@H](Cc1ccccc1)NC(=O)C(CC(N)=O)NC(=O)c1ccc2ccccc2n1. The number of carbonyl (C=O) groups is 4. The van der Waals surface area contributed by atoms with Gasteiger partial charge in [0.2, 0.25) is 11.8 Å². The lowest BCUT2D eigenvalue weighted by Gasteiger charge is -2.33. The number of aromatic nitrogens is 1. The second kappa shape index (κ2) is 16.0. The number of urea groups is 1. The summed E-state index contributed by atoms with van der Waals surface area (Å²) in [6.45, 7) is 5.28. The Hall–Kier alpha value is -5.36. The van der Waals surface area contributed by atoms with Crippen molar-refractivity contribution in [3.05, 3.63) is 114 Å². The lowest BCUT2D eigenvalue weighted by molar-refractivity contribution is -0.128. The summed E-state index contributed by atoms with van der Waals surface area (Å²) in [7, 11) is 0. The van der Waals surface area contributed by atoms with Gasteiger partial charge in [0.05, 0.1) is 30.6 Å². The van der Waals surface area contributed by atoms with E-state index in [1.165, 1.54) is 23.1 Å². The van der Waals surface area contributed by atoms with E-state index in [4.69, 9.17) is 5.73 Å². The number of aliphatic hydroxyl groups is 1. The first kappa shape index (κ1) is 35.5. The minimum atomic E-state index is -1.38. The van der Waals surface area contributed by atoms with Crippen molar-refractivity contribution in [2.24, 2.45) is 5.73 Å². The molecule has 0 fully saturated rings. The third-order valence-electron chi connectivity index (χ3n) is 7.41. The summed E-state index contributed by atoms with van der Waals surface area (Å²) in [6.07, 6.45) is -1.67. The number of carbonyl (C=O) groups excluding carboxylic acids is 4. The van der Waals surface area contributed by atoms with Gasteiger partial charge in [-0.05, 0) is 62.6 Å². The third-order valence-corrected chi connectivity index (χ3v) is 7.41. The van der Waals surface area contributed by atoms with E-state index in [0.29, 0.717) is 11.1 Å². The minimum Gasteiger partial charge on any atom is -0.389 e. The smallest absolute Gasteiger partial charge is 0.318 e. The number of aliphatic hydroxyl groups excluding tert-OH is 1. The molecule has 0 saturated heterocycles. The maximum Gasteiger partial charge on any atom is 0.318 e. The molecular formula is C36H41FN6O5. The number of benzene rings is 3. The van der Waals surface area contributed by atoms with Crippen molar-refractivity contribution in [3.63, 3.8) is 0 Å². The summed E-state index contributed by atoms with van der Waals surface area (Å²) in [5.41, 5.74) is 6.88. The molecule has 48 heavy (non-hydrogen) atoms. The molecule has 0 aliphatic rings. The number of nitrogens with zero attached hydrogens (tertiary/aromatic N) is 2. The van der Waals surface area contributed by atoms with Gasteiger partial charge in [0.25, 0.3) is 5.91 Å². The van der Waals surface area contributed by atoms with Crippen LogP contribution in [0.2, 0.25) is 0 Å². The van der Waals surface area contributed by atoms with Crippen LogP contribution >= 0.6 is 0 Å². The van der Waals surface area contributed by atoms with Crippen LogP contribution in [0.15, 0.2) is 91.0 Å². The number of hydrogen-bond acceptors (Lipinski definition) is 6. The molecule has 0 spiro atoms. The summed E-state index contributed by atoms with van der Waals surface area (Å²) >= 11 is 0. The van der Waals surface area contributed by atoms with E-state index < -0.39 is 59.7 Å². The summed E-state index contributed by atoms with van der Waals surface area (Å²) in [4.78, 5) is 58.0. The Balaban J connectivity index is 1.57. The van der Waals surface area contributed by atoms with Crippen molar-refractivity contribution in [3.8, 4) is 0 Å².